The fourth-order valence-electron chi connectivity index (χ4n) is 3.02. The Bertz CT molecular complexity index is 539. The van der Waals surface area contributed by atoms with Gasteiger partial charge < -0.3 is 10.2 Å². The molecule has 2 amide bonds. The molecule has 0 bridgehead atoms. The van der Waals surface area contributed by atoms with Crippen LogP contribution in [0.2, 0.25) is 0 Å². The zero-order valence-electron chi connectivity index (χ0n) is 11.7. The van der Waals surface area contributed by atoms with Crippen molar-refractivity contribution in [1.29, 1.82) is 0 Å². The van der Waals surface area contributed by atoms with Gasteiger partial charge in [0.2, 0.25) is 5.91 Å². The molecule has 4 nitrogen and oxygen atoms in total. The number of carbonyl (C=O) groups is 2. The number of rotatable bonds is 1. The summed E-state index contributed by atoms with van der Waals surface area (Å²) in [7, 11) is 0. The maximum Gasteiger partial charge on any atom is 0.253 e. The largest absolute Gasteiger partial charge is 0.354 e. The molecule has 1 saturated heterocycles. The summed E-state index contributed by atoms with van der Waals surface area (Å²) < 4.78 is 0. The Balaban J connectivity index is 1.78. The molecule has 1 N–H and O–H groups in total. The minimum Gasteiger partial charge on any atom is -0.354 e. The van der Waals surface area contributed by atoms with Crippen LogP contribution in [0.4, 0.5) is 0 Å². The predicted molar refractivity (Wildman–Crippen MR) is 76.6 cm³/mol. The van der Waals surface area contributed by atoms with Crippen molar-refractivity contribution in [3.8, 4) is 0 Å². The molecule has 0 radical (unpaired) electrons. The van der Waals surface area contributed by atoms with Gasteiger partial charge in [-0.2, -0.15) is 0 Å². The van der Waals surface area contributed by atoms with Crippen LogP contribution in [0.1, 0.15) is 40.7 Å². The third-order valence-corrected chi connectivity index (χ3v) is 4.20. The number of hydrogen-bond donors (Lipinski definition) is 1. The van der Waals surface area contributed by atoms with Crippen molar-refractivity contribution < 1.29 is 9.59 Å². The lowest BCUT2D eigenvalue weighted by Gasteiger charge is -2.21. The molecule has 0 saturated carbocycles. The number of amides is 2. The Morgan fingerprint density at radius 3 is 2.70 bits per heavy atom. The van der Waals surface area contributed by atoms with Gasteiger partial charge in [-0.1, -0.05) is 6.07 Å². The summed E-state index contributed by atoms with van der Waals surface area (Å²) in [5, 5.41) is 2.80. The Morgan fingerprint density at radius 1 is 1.05 bits per heavy atom. The second-order valence-corrected chi connectivity index (χ2v) is 5.58. The van der Waals surface area contributed by atoms with Crippen LogP contribution < -0.4 is 5.32 Å². The van der Waals surface area contributed by atoms with E-state index in [9.17, 15) is 9.59 Å². The molecule has 1 aromatic rings. The summed E-state index contributed by atoms with van der Waals surface area (Å²) in [5.74, 6) is 0.0839. The normalized spacial score (nSPS) is 19.0. The van der Waals surface area contributed by atoms with Crippen molar-refractivity contribution in [2.45, 2.75) is 32.1 Å². The zero-order chi connectivity index (χ0) is 13.9. The highest BCUT2D eigenvalue weighted by Gasteiger charge is 2.20. The van der Waals surface area contributed by atoms with E-state index in [2.05, 4.69) is 17.4 Å². The van der Waals surface area contributed by atoms with Crippen LogP contribution in [0.15, 0.2) is 18.2 Å². The molecule has 0 spiro atoms. The molecule has 2 aliphatic rings. The molecule has 1 aliphatic carbocycles. The molecular formula is C16H20N2O2. The van der Waals surface area contributed by atoms with E-state index >= 15 is 0 Å². The zero-order valence-corrected chi connectivity index (χ0v) is 11.7. The van der Waals surface area contributed by atoms with E-state index in [1.165, 1.54) is 24.0 Å². The highest BCUT2D eigenvalue weighted by molar-refractivity contribution is 5.95. The lowest BCUT2D eigenvalue weighted by atomic mass is 9.90. The van der Waals surface area contributed by atoms with E-state index in [0.717, 1.165) is 18.4 Å². The maximum absolute atomic E-state index is 12.5. The Labute approximate surface area is 119 Å². The first-order valence-corrected chi connectivity index (χ1v) is 7.42. The van der Waals surface area contributed by atoms with Gasteiger partial charge in [-0.15, -0.1) is 0 Å². The van der Waals surface area contributed by atoms with Crippen molar-refractivity contribution in [1.82, 2.24) is 10.2 Å². The van der Waals surface area contributed by atoms with Crippen molar-refractivity contribution >= 4 is 11.8 Å². The van der Waals surface area contributed by atoms with Gasteiger partial charge in [0.25, 0.3) is 5.91 Å². The quantitative estimate of drug-likeness (QED) is 0.843. The summed E-state index contributed by atoms with van der Waals surface area (Å²) in [6.45, 7) is 1.67. The molecular weight excluding hydrogens is 252 g/mol. The second-order valence-electron chi connectivity index (χ2n) is 5.58. The third-order valence-electron chi connectivity index (χ3n) is 4.20. The standard InChI is InChI=1S/C16H20N2O2/c19-15-7-9-18(10-8-17-15)16(20)14-6-5-12-3-1-2-4-13(12)11-14/h5-6,11H,1-4,7-10H2,(H,17,19). The van der Waals surface area contributed by atoms with E-state index in [4.69, 9.17) is 0 Å². The van der Waals surface area contributed by atoms with Gasteiger partial charge in [-0.25, -0.2) is 0 Å². The highest BCUT2D eigenvalue weighted by Crippen LogP contribution is 2.23. The highest BCUT2D eigenvalue weighted by atomic mass is 16.2. The lowest BCUT2D eigenvalue weighted by molar-refractivity contribution is -0.120. The summed E-state index contributed by atoms with van der Waals surface area (Å²) in [5.41, 5.74) is 3.48. The van der Waals surface area contributed by atoms with Crippen LogP contribution in [0, 0.1) is 0 Å². The number of hydrogen-bond acceptors (Lipinski definition) is 2. The number of fused-ring (bicyclic) bond motifs is 1. The second kappa shape index (κ2) is 5.65. The molecule has 1 heterocycles. The first-order chi connectivity index (χ1) is 9.74. The minimum atomic E-state index is 0.0331. The van der Waals surface area contributed by atoms with Crippen LogP contribution >= 0.6 is 0 Å². The van der Waals surface area contributed by atoms with E-state index in [0.29, 0.717) is 26.1 Å². The summed E-state index contributed by atoms with van der Waals surface area (Å²) in [6, 6.07) is 6.09. The van der Waals surface area contributed by atoms with Crippen molar-refractivity contribution in [2.75, 3.05) is 19.6 Å². The average Bonchev–Trinajstić information content (AvgIpc) is 2.71. The predicted octanol–water partition coefficient (Wildman–Crippen LogP) is 1.53. The molecule has 4 heteroatoms. The SMILES string of the molecule is O=C1CCN(C(=O)c2ccc3c(c2)CCCC3)CCN1. The topological polar surface area (TPSA) is 49.4 Å². The van der Waals surface area contributed by atoms with Gasteiger partial charge >= 0.3 is 0 Å². The Hall–Kier alpha value is -1.84. The Morgan fingerprint density at radius 2 is 1.85 bits per heavy atom. The van der Waals surface area contributed by atoms with Gasteiger partial charge in [0, 0.05) is 31.6 Å². The first kappa shape index (κ1) is 13.2. The number of nitrogens with one attached hydrogen (secondary N) is 1. The van der Waals surface area contributed by atoms with Crippen LogP contribution in [0.3, 0.4) is 0 Å². The maximum atomic E-state index is 12.5. The number of nitrogens with zero attached hydrogens (tertiary/aromatic N) is 1. The molecule has 20 heavy (non-hydrogen) atoms. The Kier molecular flexibility index (Phi) is 3.72. The minimum absolute atomic E-state index is 0.0331. The molecule has 1 aliphatic heterocycles. The van der Waals surface area contributed by atoms with E-state index in [-0.39, 0.29) is 11.8 Å². The van der Waals surface area contributed by atoms with Gasteiger partial charge in [0.05, 0.1) is 0 Å². The smallest absolute Gasteiger partial charge is 0.253 e. The average molecular weight is 272 g/mol. The lowest BCUT2D eigenvalue weighted by Crippen LogP contribution is -2.34. The summed E-state index contributed by atoms with van der Waals surface area (Å²) in [6.07, 6.45) is 5.08. The number of carbonyl (C=O) groups excluding carboxylic acids is 2. The van der Waals surface area contributed by atoms with Crippen molar-refractivity contribution in [3.05, 3.63) is 34.9 Å². The molecule has 0 unspecified atom stereocenters. The number of aryl methyl sites for hydroxylation is 2. The molecule has 1 fully saturated rings. The molecule has 106 valence electrons. The molecule has 3 rings (SSSR count). The van der Waals surface area contributed by atoms with E-state index in [1.807, 2.05) is 6.07 Å². The molecule has 0 atom stereocenters. The van der Waals surface area contributed by atoms with E-state index < -0.39 is 0 Å². The van der Waals surface area contributed by atoms with Gasteiger partial charge in [-0.05, 0) is 48.9 Å². The fourth-order valence-corrected chi connectivity index (χ4v) is 3.02. The van der Waals surface area contributed by atoms with E-state index in [1.54, 1.807) is 4.90 Å². The third kappa shape index (κ3) is 2.69. The van der Waals surface area contributed by atoms with Crippen LogP contribution in [0.5, 0.6) is 0 Å². The molecule has 1 aromatic carbocycles. The van der Waals surface area contributed by atoms with Gasteiger partial charge in [-0.3, -0.25) is 9.59 Å². The number of benzene rings is 1. The summed E-state index contributed by atoms with van der Waals surface area (Å²) in [4.78, 5) is 25.6. The van der Waals surface area contributed by atoms with Crippen LogP contribution in [-0.4, -0.2) is 36.3 Å². The fraction of sp³-hybridized carbons (Fsp3) is 0.500. The van der Waals surface area contributed by atoms with Crippen molar-refractivity contribution in [3.63, 3.8) is 0 Å². The monoisotopic (exact) mass is 272 g/mol. The van der Waals surface area contributed by atoms with Crippen LogP contribution in [0.25, 0.3) is 0 Å². The van der Waals surface area contributed by atoms with Gasteiger partial charge in [0.15, 0.2) is 0 Å². The first-order valence-electron chi connectivity index (χ1n) is 7.42. The van der Waals surface area contributed by atoms with Crippen molar-refractivity contribution in [2.24, 2.45) is 0 Å². The van der Waals surface area contributed by atoms with Gasteiger partial charge in [0.1, 0.15) is 0 Å². The molecule has 0 aromatic heterocycles. The summed E-state index contributed by atoms with van der Waals surface area (Å²) >= 11 is 0. The van der Waals surface area contributed by atoms with Crippen LogP contribution in [-0.2, 0) is 17.6 Å².